The minimum absolute atomic E-state index is 0.0136. The lowest BCUT2D eigenvalue weighted by molar-refractivity contribution is -0.137. The Kier molecular flexibility index (Phi) is 4.68. The maximum atomic E-state index is 13.1. The smallest absolute Gasteiger partial charge is 0.398 e. The molecule has 21 heavy (non-hydrogen) atoms. The molecule has 0 saturated carbocycles. The van der Waals surface area contributed by atoms with E-state index in [1.54, 1.807) is 0 Å². The third-order valence-electron chi connectivity index (χ3n) is 2.72. The lowest BCUT2D eigenvalue weighted by atomic mass is 10.2. The molecule has 1 nitrogen and oxygen atoms in total. The summed E-state index contributed by atoms with van der Waals surface area (Å²) in [5.41, 5.74) is 5.42. The summed E-state index contributed by atoms with van der Waals surface area (Å²) in [6.07, 6.45) is -4.44. The van der Waals surface area contributed by atoms with E-state index in [9.17, 15) is 17.6 Å². The van der Waals surface area contributed by atoms with Crippen LogP contribution >= 0.6 is 23.4 Å². The number of alkyl halides is 4. The van der Waals surface area contributed by atoms with E-state index >= 15 is 0 Å². The van der Waals surface area contributed by atoms with Gasteiger partial charge in [-0.1, -0.05) is 11.8 Å². The number of benzene rings is 2. The van der Waals surface area contributed by atoms with Gasteiger partial charge in [0.15, 0.2) is 0 Å². The summed E-state index contributed by atoms with van der Waals surface area (Å²) in [5.74, 6) is -0.323. The van der Waals surface area contributed by atoms with Gasteiger partial charge in [0.1, 0.15) is 5.82 Å². The molecule has 0 saturated heterocycles. The fraction of sp³-hybridized carbons (Fsp3) is 0.143. The van der Waals surface area contributed by atoms with E-state index < -0.39 is 17.6 Å². The van der Waals surface area contributed by atoms with Gasteiger partial charge in [0.2, 0.25) is 0 Å². The third-order valence-corrected chi connectivity index (χ3v) is 4.22. The van der Waals surface area contributed by atoms with Gasteiger partial charge >= 0.3 is 6.18 Å². The normalized spacial score (nSPS) is 11.7. The Hall–Kier alpha value is -1.40. The van der Waals surface area contributed by atoms with Crippen LogP contribution in [-0.2, 0) is 12.1 Å². The van der Waals surface area contributed by atoms with Gasteiger partial charge in [0.25, 0.3) is 0 Å². The van der Waals surface area contributed by atoms with Crippen LogP contribution in [0, 0.1) is 5.82 Å². The van der Waals surface area contributed by atoms with E-state index in [2.05, 4.69) is 0 Å². The Labute approximate surface area is 128 Å². The Morgan fingerprint density at radius 3 is 2.29 bits per heavy atom. The number of nitrogen functional groups attached to an aromatic ring is 1. The molecule has 112 valence electrons. The van der Waals surface area contributed by atoms with Gasteiger partial charge in [-0.25, -0.2) is 4.39 Å². The highest BCUT2D eigenvalue weighted by Crippen LogP contribution is 2.38. The van der Waals surface area contributed by atoms with Gasteiger partial charge in [-0.3, -0.25) is 0 Å². The van der Waals surface area contributed by atoms with Crippen LogP contribution in [0.25, 0.3) is 0 Å². The zero-order chi connectivity index (χ0) is 15.6. The largest absolute Gasteiger partial charge is 0.416 e. The summed E-state index contributed by atoms with van der Waals surface area (Å²) in [7, 11) is 0. The van der Waals surface area contributed by atoms with Gasteiger partial charge in [-0.05, 0) is 42.0 Å². The summed E-state index contributed by atoms with van der Waals surface area (Å²) < 4.78 is 50.8. The SMILES string of the molecule is Nc1cc(C(F)(F)F)ccc1Sc1ccc(F)cc1CCl. The summed E-state index contributed by atoms with van der Waals surface area (Å²) in [4.78, 5) is 1.11. The summed E-state index contributed by atoms with van der Waals surface area (Å²) in [6.45, 7) is 0. The highest BCUT2D eigenvalue weighted by atomic mass is 35.5. The first kappa shape index (κ1) is 16.0. The maximum absolute atomic E-state index is 13.1. The zero-order valence-electron chi connectivity index (χ0n) is 10.5. The molecule has 0 spiro atoms. The van der Waals surface area contributed by atoms with Crippen LogP contribution < -0.4 is 5.73 Å². The fourth-order valence-electron chi connectivity index (χ4n) is 1.69. The Morgan fingerprint density at radius 1 is 1.05 bits per heavy atom. The molecule has 2 aromatic carbocycles. The second kappa shape index (κ2) is 6.15. The lowest BCUT2D eigenvalue weighted by Crippen LogP contribution is -2.05. The van der Waals surface area contributed by atoms with Crippen molar-refractivity contribution in [2.24, 2.45) is 0 Å². The van der Waals surface area contributed by atoms with Crippen molar-refractivity contribution < 1.29 is 17.6 Å². The minimum atomic E-state index is -4.44. The van der Waals surface area contributed by atoms with E-state index in [0.717, 1.165) is 23.9 Å². The molecule has 0 heterocycles. The number of halogens is 5. The average molecular weight is 336 g/mol. The third kappa shape index (κ3) is 3.83. The van der Waals surface area contributed by atoms with Crippen molar-refractivity contribution >= 4 is 29.1 Å². The molecule has 2 N–H and O–H groups in total. The summed E-state index contributed by atoms with van der Waals surface area (Å²) in [6, 6.07) is 7.21. The van der Waals surface area contributed by atoms with Crippen molar-refractivity contribution in [2.75, 3.05) is 5.73 Å². The number of rotatable bonds is 3. The van der Waals surface area contributed by atoms with Crippen molar-refractivity contribution in [3.8, 4) is 0 Å². The first-order valence-electron chi connectivity index (χ1n) is 5.80. The maximum Gasteiger partial charge on any atom is 0.416 e. The number of nitrogens with two attached hydrogens (primary N) is 1. The van der Waals surface area contributed by atoms with Crippen molar-refractivity contribution in [1.29, 1.82) is 0 Å². The zero-order valence-corrected chi connectivity index (χ0v) is 12.1. The van der Waals surface area contributed by atoms with Crippen LogP contribution in [0.1, 0.15) is 11.1 Å². The standard InChI is InChI=1S/C14H10ClF4NS/c15-7-8-5-10(16)2-4-12(8)21-13-3-1-9(6-11(13)20)14(17,18)19/h1-6H,7,20H2. The van der Waals surface area contributed by atoms with Crippen molar-refractivity contribution in [1.82, 2.24) is 0 Å². The molecule has 0 fully saturated rings. The fourth-order valence-corrected chi connectivity index (χ4v) is 2.94. The van der Waals surface area contributed by atoms with E-state index in [4.69, 9.17) is 17.3 Å². The van der Waals surface area contributed by atoms with Crippen molar-refractivity contribution in [3.63, 3.8) is 0 Å². The van der Waals surface area contributed by atoms with E-state index in [1.165, 1.54) is 24.3 Å². The summed E-state index contributed by atoms with van der Waals surface area (Å²) in [5, 5.41) is 0. The topological polar surface area (TPSA) is 26.0 Å². The molecular formula is C14H10ClF4NS. The number of anilines is 1. The predicted molar refractivity (Wildman–Crippen MR) is 75.9 cm³/mol. The van der Waals surface area contributed by atoms with Crippen LogP contribution in [0.15, 0.2) is 46.2 Å². The van der Waals surface area contributed by atoms with Gasteiger partial charge in [-0.2, -0.15) is 13.2 Å². The van der Waals surface area contributed by atoms with E-state index in [0.29, 0.717) is 15.4 Å². The average Bonchev–Trinajstić information content (AvgIpc) is 2.41. The van der Waals surface area contributed by atoms with Gasteiger partial charge in [0.05, 0.1) is 5.56 Å². The van der Waals surface area contributed by atoms with Gasteiger partial charge in [-0.15, -0.1) is 11.6 Å². The molecule has 2 aromatic rings. The molecule has 0 aliphatic rings. The van der Waals surface area contributed by atoms with E-state index in [-0.39, 0.29) is 11.6 Å². The monoisotopic (exact) mass is 335 g/mol. The predicted octanol–water partition coefficient (Wildman–Crippen LogP) is 5.32. The molecule has 0 aliphatic carbocycles. The molecule has 7 heteroatoms. The van der Waals surface area contributed by atoms with Crippen molar-refractivity contribution in [3.05, 3.63) is 53.3 Å². The van der Waals surface area contributed by atoms with Crippen LogP contribution in [0.5, 0.6) is 0 Å². The minimum Gasteiger partial charge on any atom is -0.398 e. The van der Waals surface area contributed by atoms with Gasteiger partial charge < -0.3 is 5.73 Å². The Bertz CT molecular complexity index is 658. The van der Waals surface area contributed by atoms with Crippen molar-refractivity contribution in [2.45, 2.75) is 21.8 Å². The quantitative estimate of drug-likeness (QED) is 0.467. The molecule has 0 radical (unpaired) electrons. The molecule has 2 rings (SSSR count). The lowest BCUT2D eigenvalue weighted by Gasteiger charge is -2.12. The van der Waals surface area contributed by atoms with E-state index in [1.807, 2.05) is 0 Å². The number of hydrogen-bond acceptors (Lipinski definition) is 2. The van der Waals surface area contributed by atoms with Crippen LogP contribution in [0.2, 0.25) is 0 Å². The van der Waals surface area contributed by atoms with Crippen LogP contribution in [0.4, 0.5) is 23.2 Å². The molecule has 0 bridgehead atoms. The van der Waals surface area contributed by atoms with Crippen LogP contribution in [-0.4, -0.2) is 0 Å². The second-order valence-corrected chi connectivity index (χ2v) is 5.59. The molecule has 0 atom stereocenters. The molecular weight excluding hydrogens is 326 g/mol. The second-order valence-electron chi connectivity index (χ2n) is 4.24. The Balaban J connectivity index is 2.32. The first-order chi connectivity index (χ1) is 9.81. The molecule has 0 unspecified atom stereocenters. The van der Waals surface area contributed by atoms with Gasteiger partial charge in [0, 0.05) is 21.4 Å². The Morgan fingerprint density at radius 2 is 1.71 bits per heavy atom. The highest BCUT2D eigenvalue weighted by molar-refractivity contribution is 7.99. The number of hydrogen-bond donors (Lipinski definition) is 1. The molecule has 0 aliphatic heterocycles. The molecule has 0 aromatic heterocycles. The summed E-state index contributed by atoms with van der Waals surface area (Å²) >= 11 is 6.89. The molecule has 0 amide bonds. The highest BCUT2D eigenvalue weighted by Gasteiger charge is 2.30. The first-order valence-corrected chi connectivity index (χ1v) is 7.15. The van der Waals surface area contributed by atoms with Crippen LogP contribution in [0.3, 0.4) is 0 Å².